The second-order valence-corrected chi connectivity index (χ2v) is 29.0. The molecule has 33 nitrogen and oxygen atoms in total. The number of nitrogens with one attached hydrogen (secondary N) is 1. The summed E-state index contributed by atoms with van der Waals surface area (Å²) >= 11 is 1.41. The third kappa shape index (κ3) is 14.6. The van der Waals surface area contributed by atoms with Gasteiger partial charge in [0.25, 0.3) is 60.7 Å². The highest BCUT2D eigenvalue weighted by molar-refractivity contribution is 7.99. The highest BCUT2D eigenvalue weighted by Crippen LogP contribution is 2.46. The summed E-state index contributed by atoms with van der Waals surface area (Å²) in [4.78, 5) is 17.4. The number of imidazole rings is 1. The van der Waals surface area contributed by atoms with Crippen LogP contribution in [0.2, 0.25) is 0 Å². The SMILES string of the molecule is COc1c(S(=O)(=O)O)ccc2c1nc1c(C#N)c(C)c(N=Nc3cc(C)c(N=Nc4cc(NC(C)=O)c(N=Nc5nc6c(S(=O)(=O)O)cc7c(S(=O)(=O)O)cc(S(=O)(=O)O)cc7c6s5)cc4SCCCS(=O)(=O)O)cc3OCCCS(=O)(=O)O)c(O)n12. The van der Waals surface area contributed by atoms with Crippen molar-refractivity contribution in [1.82, 2.24) is 14.4 Å². The van der Waals surface area contributed by atoms with E-state index in [1.54, 1.807) is 0 Å². The fourth-order valence-electron chi connectivity index (χ4n) is 8.34. The zero-order valence-corrected chi connectivity index (χ0v) is 51.0. The number of thioether (sulfide) groups is 1. The average molecular weight is 1360 g/mol. The molecule has 8 rings (SSSR count). The second-order valence-electron chi connectivity index (χ2n) is 18.2. The lowest BCUT2D eigenvalue weighted by molar-refractivity contribution is -0.114. The van der Waals surface area contributed by atoms with Crippen molar-refractivity contribution in [3.8, 4) is 23.4 Å². The first-order valence-electron chi connectivity index (χ1n) is 23.9. The molecule has 1 amide bonds. The zero-order valence-electron chi connectivity index (χ0n) is 44.4. The normalized spacial score (nSPS) is 13.1. The lowest BCUT2D eigenvalue weighted by Crippen LogP contribution is -2.08. The van der Waals surface area contributed by atoms with Crippen LogP contribution in [0.5, 0.6) is 17.4 Å². The summed E-state index contributed by atoms with van der Waals surface area (Å²) in [5, 5.41) is 48.6. The number of nitrogens with zero attached hydrogens (tertiary/aromatic N) is 10. The van der Waals surface area contributed by atoms with Crippen molar-refractivity contribution in [3.63, 3.8) is 0 Å². The van der Waals surface area contributed by atoms with Crippen LogP contribution in [0.15, 0.2) is 110 Å². The molecule has 8 aromatic rings. The lowest BCUT2D eigenvalue weighted by Gasteiger charge is -2.13. The molecule has 0 saturated carbocycles. The van der Waals surface area contributed by atoms with Crippen LogP contribution in [0.1, 0.15) is 36.5 Å². The number of methoxy groups -OCH3 is 1. The summed E-state index contributed by atoms with van der Waals surface area (Å²) in [6.07, 6.45) is -0.398. The molecule has 460 valence electrons. The molecule has 0 unspecified atom stereocenters. The third-order valence-electron chi connectivity index (χ3n) is 12.1. The maximum Gasteiger partial charge on any atom is 0.298 e. The Morgan fingerprint density at radius 2 is 1.33 bits per heavy atom. The highest BCUT2D eigenvalue weighted by atomic mass is 32.2. The van der Waals surface area contributed by atoms with Crippen molar-refractivity contribution in [2.24, 2.45) is 30.7 Å². The molecule has 0 aliphatic heterocycles. The van der Waals surface area contributed by atoms with E-state index in [0.717, 1.165) is 42.3 Å². The van der Waals surface area contributed by atoms with E-state index in [2.05, 4.69) is 46.0 Å². The molecule has 8 N–H and O–H groups in total. The van der Waals surface area contributed by atoms with Gasteiger partial charge in [-0.3, -0.25) is 36.5 Å². The Bertz CT molecular complexity index is 5110. The Kier molecular flexibility index (Phi) is 18.3. The van der Waals surface area contributed by atoms with E-state index in [1.165, 1.54) is 44.2 Å². The summed E-state index contributed by atoms with van der Waals surface area (Å²) in [6, 6.07) is 11.0. The zero-order chi connectivity index (χ0) is 64.1. The Labute approximate surface area is 500 Å². The largest absolute Gasteiger partial charge is 0.493 e. The first-order valence-corrected chi connectivity index (χ1v) is 34.6. The summed E-state index contributed by atoms with van der Waals surface area (Å²) < 4.78 is 216. The molecule has 0 saturated heterocycles. The molecule has 0 aliphatic rings. The minimum atomic E-state index is -5.36. The number of thiazole rings is 1. The first-order chi connectivity index (χ1) is 40.4. The van der Waals surface area contributed by atoms with Gasteiger partial charge < -0.3 is 19.9 Å². The topological polar surface area (TPSA) is 522 Å². The first kappa shape index (κ1) is 65.2. The Morgan fingerprint density at radius 3 is 1.94 bits per heavy atom. The molecule has 0 bridgehead atoms. The van der Waals surface area contributed by atoms with Crippen molar-refractivity contribution >= 4 is 167 Å². The average Bonchev–Trinajstić information content (AvgIpc) is 1.69. The van der Waals surface area contributed by atoms with E-state index in [0.29, 0.717) is 23.5 Å². The molecule has 3 aromatic heterocycles. The predicted octanol–water partition coefficient (Wildman–Crippen LogP) is 8.67. The van der Waals surface area contributed by atoms with Gasteiger partial charge in [0, 0.05) is 34.2 Å². The molecule has 5 aromatic carbocycles. The molecule has 0 radical (unpaired) electrons. The van der Waals surface area contributed by atoms with Crippen LogP contribution < -0.4 is 14.8 Å². The van der Waals surface area contributed by atoms with Crippen molar-refractivity contribution in [3.05, 3.63) is 71.3 Å². The minimum Gasteiger partial charge on any atom is -0.493 e. The van der Waals surface area contributed by atoms with Gasteiger partial charge in [-0.15, -0.1) is 37.3 Å². The van der Waals surface area contributed by atoms with Crippen LogP contribution in [0.3, 0.4) is 0 Å². The fraction of sp³-hybridized carbons (Fsp3) is 0.217. The quantitative estimate of drug-likeness (QED) is 0.0136. The number of carbonyl (C=O) groups excluding carboxylic acids is 1. The van der Waals surface area contributed by atoms with E-state index in [1.807, 2.05) is 6.07 Å². The van der Waals surface area contributed by atoms with E-state index < -0.39 is 131 Å². The number of carbonyl (C=O) groups is 1. The van der Waals surface area contributed by atoms with Crippen LogP contribution in [0.25, 0.3) is 37.7 Å². The van der Waals surface area contributed by atoms with Gasteiger partial charge in [-0.1, -0.05) is 11.3 Å². The van der Waals surface area contributed by atoms with E-state index in [-0.39, 0.29) is 108 Å². The molecular formula is C46H41N11O22S8. The number of aromatic nitrogens is 3. The highest BCUT2D eigenvalue weighted by Gasteiger charge is 2.29. The predicted molar refractivity (Wildman–Crippen MR) is 309 cm³/mol. The number of aryl methyl sites for hydroxylation is 1. The number of hydrogen-bond acceptors (Lipinski definition) is 27. The monoisotopic (exact) mass is 1360 g/mol. The molecule has 0 atom stereocenters. The third-order valence-corrected chi connectivity index (χ3v) is 19.3. The number of fused-ring (bicyclic) bond motifs is 6. The van der Waals surface area contributed by atoms with Crippen molar-refractivity contribution in [1.29, 1.82) is 5.26 Å². The molecule has 0 aliphatic carbocycles. The molecule has 3 heterocycles. The number of aromatic hydroxyl groups is 1. The minimum absolute atomic E-state index is 0.0134. The fourth-order valence-corrected chi connectivity index (χ4v) is 14.1. The van der Waals surface area contributed by atoms with E-state index in [4.69, 9.17) is 9.47 Å². The van der Waals surface area contributed by atoms with E-state index >= 15 is 0 Å². The number of ether oxygens (including phenoxy) is 2. The Hall–Kier alpha value is -7.83. The van der Waals surface area contributed by atoms with Gasteiger partial charge in [-0.2, -0.15) is 60.9 Å². The smallest absolute Gasteiger partial charge is 0.298 e. The molecular weight excluding hydrogens is 1320 g/mol. The molecule has 0 spiro atoms. The summed E-state index contributed by atoms with van der Waals surface area (Å²) in [6.45, 7) is 3.68. The van der Waals surface area contributed by atoms with Gasteiger partial charge in [0.2, 0.25) is 16.9 Å². The van der Waals surface area contributed by atoms with Crippen LogP contribution in [0.4, 0.5) is 39.3 Å². The number of anilines is 1. The van der Waals surface area contributed by atoms with Crippen molar-refractivity contribution in [2.45, 2.75) is 58.1 Å². The van der Waals surface area contributed by atoms with Crippen molar-refractivity contribution < 1.29 is 97.2 Å². The molecule has 87 heavy (non-hydrogen) atoms. The molecule has 41 heteroatoms. The van der Waals surface area contributed by atoms with Gasteiger partial charge in [-0.25, -0.2) is 9.97 Å². The number of hydrogen-bond donors (Lipinski definition) is 8. The number of amides is 1. The summed E-state index contributed by atoms with van der Waals surface area (Å²) in [7, 11) is -28.5. The van der Waals surface area contributed by atoms with Crippen LogP contribution in [-0.4, -0.2) is 134 Å². The number of rotatable bonds is 22. The van der Waals surface area contributed by atoms with Crippen molar-refractivity contribution in [2.75, 3.05) is 36.3 Å². The number of azo groups is 3. The van der Waals surface area contributed by atoms with Gasteiger partial charge in [0.1, 0.15) is 60.2 Å². The summed E-state index contributed by atoms with van der Waals surface area (Å²) in [5.74, 6) is -3.33. The molecule has 0 fully saturated rings. The Balaban J connectivity index is 1.24. The van der Waals surface area contributed by atoms with Gasteiger partial charge in [-0.05, 0) is 86.5 Å². The second kappa shape index (κ2) is 24.4. The number of nitriles is 1. The standard InChI is InChI=1S/C46H41N11O22S8/c1-21-13-31(53-55-39-22(2)27(20-47)44-49-40-33(57(44)45(39)59)7-8-36(42(40)78-4)85(69,70)71)34(79-9-5-11-82(60,61)62)18-28(21)51-54-32-17-29(48-23(3)58)30(19-35(32)80-10-6-12-83(63,64)65)52-56-46-50-41-38(87(75,76)77)16-25-26(43(41)81-46)14-24(84(66,67)68)15-37(25)86(72,73)74/h7-8,13-19,59H,5-6,9-12H2,1-4H3,(H,48,58)(H,60,61,62)(H,63,64,65)(H,66,67,68)(H,69,70,71)(H,72,73,74)(H,75,76,77). The van der Waals surface area contributed by atoms with Gasteiger partial charge >= 0.3 is 0 Å². The van der Waals surface area contributed by atoms with Crippen LogP contribution in [0, 0.1) is 25.2 Å². The Morgan fingerprint density at radius 1 is 0.701 bits per heavy atom. The maximum atomic E-state index is 12.7. The lowest BCUT2D eigenvalue weighted by atomic mass is 10.1. The van der Waals surface area contributed by atoms with Crippen LogP contribution in [-0.2, 0) is 65.5 Å². The summed E-state index contributed by atoms with van der Waals surface area (Å²) in [5.41, 5.74) is -1.50. The van der Waals surface area contributed by atoms with E-state index in [9.17, 15) is 93.0 Å². The number of benzene rings is 5. The number of pyridine rings is 1. The maximum absolute atomic E-state index is 12.7. The van der Waals surface area contributed by atoms with Crippen LogP contribution >= 0.6 is 23.1 Å². The van der Waals surface area contributed by atoms with Gasteiger partial charge in [0.15, 0.2) is 17.1 Å². The van der Waals surface area contributed by atoms with Gasteiger partial charge in [0.05, 0.1) is 51.7 Å².